The summed E-state index contributed by atoms with van der Waals surface area (Å²) in [6, 6.07) is 7.23. The molecule has 1 aromatic heterocycles. The fourth-order valence-corrected chi connectivity index (χ4v) is 2.05. The first-order valence-electron chi connectivity index (χ1n) is 5.70. The van der Waals surface area contributed by atoms with E-state index in [1.165, 1.54) is 20.4 Å². The van der Waals surface area contributed by atoms with E-state index in [2.05, 4.69) is 26.1 Å². The Morgan fingerprint density at radius 3 is 2.85 bits per heavy atom. The van der Waals surface area contributed by atoms with E-state index in [9.17, 15) is 9.59 Å². The zero-order valence-electron chi connectivity index (χ0n) is 10.9. The zero-order chi connectivity index (χ0) is 14.7. The molecular weight excluding hydrogens is 326 g/mol. The molecule has 0 aliphatic heterocycles. The number of nitrogens with one attached hydrogen (secondary N) is 1. The number of benzene rings is 1. The molecule has 0 saturated carbocycles. The monoisotopic (exact) mass is 337 g/mol. The molecule has 104 valence electrons. The highest BCUT2D eigenvalue weighted by Crippen LogP contribution is 2.19. The van der Waals surface area contributed by atoms with E-state index in [0.29, 0.717) is 11.1 Å². The molecule has 0 aliphatic rings. The Balaban J connectivity index is 2.53. The SMILES string of the molecule is CON(C)C(=O)c1n[nH]cc(-c2cccc(Br)c2)c1=O. The van der Waals surface area contributed by atoms with E-state index in [0.717, 1.165) is 9.54 Å². The van der Waals surface area contributed by atoms with Crippen LogP contribution in [0.5, 0.6) is 0 Å². The van der Waals surface area contributed by atoms with Gasteiger partial charge in [0.25, 0.3) is 0 Å². The minimum atomic E-state index is -0.606. The van der Waals surface area contributed by atoms with Crippen molar-refractivity contribution in [3.63, 3.8) is 0 Å². The van der Waals surface area contributed by atoms with Crippen LogP contribution in [0.2, 0.25) is 0 Å². The maximum atomic E-state index is 12.3. The van der Waals surface area contributed by atoms with Gasteiger partial charge in [-0.15, -0.1) is 0 Å². The molecule has 0 atom stereocenters. The molecule has 2 aromatic rings. The van der Waals surface area contributed by atoms with Crippen molar-refractivity contribution in [2.45, 2.75) is 0 Å². The number of hydrogen-bond acceptors (Lipinski definition) is 4. The molecule has 0 unspecified atom stereocenters. The van der Waals surface area contributed by atoms with Gasteiger partial charge in [0.05, 0.1) is 7.11 Å². The number of hydrogen-bond donors (Lipinski definition) is 1. The number of H-pyrrole nitrogens is 1. The van der Waals surface area contributed by atoms with E-state index in [1.54, 1.807) is 12.1 Å². The summed E-state index contributed by atoms with van der Waals surface area (Å²) in [5.41, 5.74) is 0.397. The van der Waals surface area contributed by atoms with Gasteiger partial charge in [0.2, 0.25) is 5.43 Å². The van der Waals surface area contributed by atoms with Crippen molar-refractivity contribution in [1.82, 2.24) is 15.3 Å². The van der Waals surface area contributed by atoms with Gasteiger partial charge in [-0.3, -0.25) is 19.5 Å². The fraction of sp³-hybridized carbons (Fsp3) is 0.154. The van der Waals surface area contributed by atoms with Gasteiger partial charge in [0, 0.05) is 23.3 Å². The largest absolute Gasteiger partial charge is 0.301 e. The Hall–Kier alpha value is -1.99. The van der Waals surface area contributed by atoms with Gasteiger partial charge in [0.15, 0.2) is 5.69 Å². The van der Waals surface area contributed by atoms with Crippen molar-refractivity contribution in [3.8, 4) is 11.1 Å². The van der Waals surface area contributed by atoms with Crippen molar-refractivity contribution in [2.24, 2.45) is 0 Å². The molecule has 1 N–H and O–H groups in total. The van der Waals surface area contributed by atoms with Gasteiger partial charge in [-0.25, -0.2) is 5.06 Å². The molecule has 7 heteroatoms. The van der Waals surface area contributed by atoms with Crippen LogP contribution in [0, 0.1) is 0 Å². The van der Waals surface area contributed by atoms with E-state index in [4.69, 9.17) is 4.84 Å². The zero-order valence-corrected chi connectivity index (χ0v) is 12.5. The lowest BCUT2D eigenvalue weighted by Crippen LogP contribution is -2.32. The second-order valence-electron chi connectivity index (χ2n) is 3.97. The molecule has 6 nitrogen and oxygen atoms in total. The number of amides is 1. The Morgan fingerprint density at radius 2 is 2.20 bits per heavy atom. The number of aromatic amines is 1. The number of carbonyl (C=O) groups excluding carboxylic acids is 1. The first-order valence-corrected chi connectivity index (χ1v) is 6.50. The van der Waals surface area contributed by atoms with Crippen LogP contribution in [-0.2, 0) is 4.84 Å². The Bertz CT molecular complexity index is 699. The highest BCUT2D eigenvalue weighted by atomic mass is 79.9. The topological polar surface area (TPSA) is 75.3 Å². The van der Waals surface area contributed by atoms with Gasteiger partial charge in [-0.1, -0.05) is 28.1 Å². The Morgan fingerprint density at radius 1 is 1.45 bits per heavy atom. The lowest BCUT2D eigenvalue weighted by atomic mass is 10.1. The summed E-state index contributed by atoms with van der Waals surface area (Å²) in [5, 5.41) is 7.26. The number of nitrogens with zero attached hydrogens (tertiary/aromatic N) is 2. The number of hydroxylamine groups is 2. The van der Waals surface area contributed by atoms with Gasteiger partial charge in [-0.05, 0) is 17.7 Å². The molecule has 0 saturated heterocycles. The van der Waals surface area contributed by atoms with Gasteiger partial charge in [-0.2, -0.15) is 5.10 Å². The lowest BCUT2D eigenvalue weighted by Gasteiger charge is -2.12. The summed E-state index contributed by atoms with van der Waals surface area (Å²) < 4.78 is 0.841. The van der Waals surface area contributed by atoms with E-state index in [-0.39, 0.29) is 5.69 Å². The predicted molar refractivity (Wildman–Crippen MR) is 77.1 cm³/mol. The quantitative estimate of drug-likeness (QED) is 0.867. The van der Waals surface area contributed by atoms with Crippen LogP contribution < -0.4 is 5.43 Å². The normalized spacial score (nSPS) is 10.3. The second-order valence-corrected chi connectivity index (χ2v) is 4.89. The first kappa shape index (κ1) is 14.4. The Kier molecular flexibility index (Phi) is 4.31. The summed E-state index contributed by atoms with van der Waals surface area (Å²) in [6.45, 7) is 0. The molecule has 0 aliphatic carbocycles. The standard InChI is InChI=1S/C13H12BrN3O3/c1-17(20-2)13(19)11-12(18)10(7-15-16-11)8-4-3-5-9(14)6-8/h3-7H,1-2H3,(H,15,18). The minimum absolute atomic E-state index is 0.216. The maximum Gasteiger partial charge on any atom is 0.301 e. The van der Waals surface area contributed by atoms with Gasteiger partial charge >= 0.3 is 5.91 Å². The van der Waals surface area contributed by atoms with Crippen LogP contribution >= 0.6 is 15.9 Å². The third-order valence-corrected chi connectivity index (χ3v) is 3.24. The Labute approximate surface area is 123 Å². The van der Waals surface area contributed by atoms with Crippen LogP contribution in [0.25, 0.3) is 11.1 Å². The van der Waals surface area contributed by atoms with E-state index in [1.807, 2.05) is 12.1 Å². The van der Waals surface area contributed by atoms with Crippen LogP contribution in [0.4, 0.5) is 0 Å². The molecule has 2 rings (SSSR count). The summed E-state index contributed by atoms with van der Waals surface area (Å²) >= 11 is 3.34. The van der Waals surface area contributed by atoms with Gasteiger partial charge < -0.3 is 0 Å². The number of rotatable bonds is 3. The van der Waals surface area contributed by atoms with Crippen LogP contribution in [-0.4, -0.2) is 35.3 Å². The fourth-order valence-electron chi connectivity index (χ4n) is 1.65. The molecule has 1 aromatic carbocycles. The van der Waals surface area contributed by atoms with E-state index < -0.39 is 11.3 Å². The lowest BCUT2D eigenvalue weighted by molar-refractivity contribution is -0.0761. The summed E-state index contributed by atoms with van der Waals surface area (Å²) in [5.74, 6) is -0.606. The molecule has 1 heterocycles. The summed E-state index contributed by atoms with van der Waals surface area (Å²) in [6.07, 6.45) is 1.47. The van der Waals surface area contributed by atoms with E-state index >= 15 is 0 Å². The highest BCUT2D eigenvalue weighted by Gasteiger charge is 2.19. The van der Waals surface area contributed by atoms with Crippen molar-refractivity contribution < 1.29 is 9.63 Å². The molecule has 0 radical (unpaired) electrons. The average molecular weight is 338 g/mol. The van der Waals surface area contributed by atoms with Crippen LogP contribution in [0.1, 0.15) is 10.5 Å². The van der Waals surface area contributed by atoms with Crippen molar-refractivity contribution in [3.05, 3.63) is 50.9 Å². The smallest absolute Gasteiger partial charge is 0.286 e. The highest BCUT2D eigenvalue weighted by molar-refractivity contribution is 9.10. The molecular formula is C13H12BrN3O3. The van der Waals surface area contributed by atoms with Crippen molar-refractivity contribution >= 4 is 21.8 Å². The molecule has 20 heavy (non-hydrogen) atoms. The van der Waals surface area contributed by atoms with Crippen molar-refractivity contribution in [2.75, 3.05) is 14.2 Å². The molecule has 0 bridgehead atoms. The number of halogens is 1. The summed E-state index contributed by atoms with van der Waals surface area (Å²) in [4.78, 5) is 29.1. The third kappa shape index (κ3) is 2.78. The maximum absolute atomic E-state index is 12.3. The second kappa shape index (κ2) is 5.98. The number of carbonyl (C=O) groups is 1. The predicted octanol–water partition coefficient (Wildman–Crippen LogP) is 1.83. The molecule has 0 spiro atoms. The average Bonchev–Trinajstić information content (AvgIpc) is 2.46. The van der Waals surface area contributed by atoms with Gasteiger partial charge in [0.1, 0.15) is 0 Å². The third-order valence-electron chi connectivity index (χ3n) is 2.74. The minimum Gasteiger partial charge on any atom is -0.286 e. The molecule has 0 fully saturated rings. The van der Waals surface area contributed by atoms with Crippen molar-refractivity contribution in [1.29, 1.82) is 0 Å². The van der Waals surface area contributed by atoms with Crippen LogP contribution in [0.3, 0.4) is 0 Å². The summed E-state index contributed by atoms with van der Waals surface area (Å²) in [7, 11) is 2.75. The van der Waals surface area contributed by atoms with Crippen LogP contribution in [0.15, 0.2) is 39.7 Å². The number of aromatic nitrogens is 2. The first-order chi connectivity index (χ1) is 9.54. The molecule has 1 amide bonds.